The molecule has 0 saturated carbocycles. The largest absolute Gasteiger partial charge is 0.481 e. The second-order valence-corrected chi connectivity index (χ2v) is 5.44. The van der Waals surface area contributed by atoms with Crippen LogP contribution in [0, 0.1) is 12.7 Å². The molecule has 2 N–H and O–H groups in total. The summed E-state index contributed by atoms with van der Waals surface area (Å²) in [5, 5.41) is 8.74. The van der Waals surface area contributed by atoms with Crippen molar-refractivity contribution in [2.24, 2.45) is 0 Å². The van der Waals surface area contributed by atoms with E-state index < -0.39 is 11.5 Å². The Balaban J connectivity index is 2.12. The zero-order valence-corrected chi connectivity index (χ0v) is 12.0. The van der Waals surface area contributed by atoms with Gasteiger partial charge < -0.3 is 10.1 Å². The highest BCUT2D eigenvalue weighted by molar-refractivity contribution is 7.98. The summed E-state index contributed by atoms with van der Waals surface area (Å²) in [6.45, 7) is 1.61. The minimum absolute atomic E-state index is 0.165. The van der Waals surface area contributed by atoms with Crippen LogP contribution in [-0.4, -0.2) is 21.0 Å². The zero-order valence-electron chi connectivity index (χ0n) is 11.2. The lowest BCUT2D eigenvalue weighted by Crippen LogP contribution is -2.21. The first kappa shape index (κ1) is 15.2. The van der Waals surface area contributed by atoms with Crippen LogP contribution in [0.3, 0.4) is 0 Å². The van der Waals surface area contributed by atoms with Gasteiger partial charge in [-0.05, 0) is 31.2 Å². The molecule has 0 amide bonds. The Morgan fingerprint density at radius 2 is 2.05 bits per heavy atom. The number of benzene rings is 1. The van der Waals surface area contributed by atoms with Crippen molar-refractivity contribution < 1.29 is 14.3 Å². The quantitative estimate of drug-likeness (QED) is 0.827. The van der Waals surface area contributed by atoms with E-state index in [2.05, 4.69) is 9.97 Å². The van der Waals surface area contributed by atoms with Crippen molar-refractivity contribution in [3.05, 3.63) is 57.5 Å². The van der Waals surface area contributed by atoms with Crippen molar-refractivity contribution in [1.29, 1.82) is 0 Å². The first-order valence-corrected chi connectivity index (χ1v) is 7.13. The molecule has 2 rings (SSSR count). The molecule has 0 atom stereocenters. The van der Waals surface area contributed by atoms with Gasteiger partial charge in [0.05, 0.1) is 12.2 Å². The Morgan fingerprint density at radius 3 is 2.62 bits per heavy atom. The number of halogens is 1. The van der Waals surface area contributed by atoms with Crippen LogP contribution in [0.2, 0.25) is 0 Å². The van der Waals surface area contributed by atoms with E-state index in [9.17, 15) is 14.0 Å². The first-order chi connectivity index (χ1) is 9.95. The van der Waals surface area contributed by atoms with Crippen molar-refractivity contribution in [3.8, 4) is 0 Å². The predicted molar refractivity (Wildman–Crippen MR) is 76.9 cm³/mol. The summed E-state index contributed by atoms with van der Waals surface area (Å²) in [4.78, 5) is 30.2. The third-order valence-electron chi connectivity index (χ3n) is 2.79. The van der Waals surface area contributed by atoms with Gasteiger partial charge in [0.15, 0.2) is 0 Å². The van der Waals surface area contributed by atoms with E-state index in [1.54, 1.807) is 19.1 Å². The summed E-state index contributed by atoms with van der Waals surface area (Å²) >= 11 is 1.40. The van der Waals surface area contributed by atoms with Crippen LogP contribution < -0.4 is 5.56 Å². The Labute approximate surface area is 124 Å². The summed E-state index contributed by atoms with van der Waals surface area (Å²) in [7, 11) is 0. The number of nitrogens with one attached hydrogen (secondary N) is 1. The molecule has 5 nitrogen and oxygen atoms in total. The third kappa shape index (κ3) is 4.16. The van der Waals surface area contributed by atoms with Crippen LogP contribution in [0.25, 0.3) is 0 Å². The summed E-state index contributed by atoms with van der Waals surface area (Å²) in [6.07, 6.45) is -0.348. The van der Waals surface area contributed by atoms with Crippen LogP contribution in [0.1, 0.15) is 17.1 Å². The SMILES string of the molecule is Cc1nc(CSc2ccc(F)cc2)[nH]c(=O)c1CC(=O)O. The van der Waals surface area contributed by atoms with Crippen molar-refractivity contribution in [1.82, 2.24) is 9.97 Å². The van der Waals surface area contributed by atoms with E-state index >= 15 is 0 Å². The van der Waals surface area contributed by atoms with Crippen molar-refractivity contribution in [3.63, 3.8) is 0 Å². The molecule has 0 unspecified atom stereocenters. The number of rotatable bonds is 5. The summed E-state index contributed by atoms with van der Waals surface area (Å²) in [6, 6.07) is 6.01. The van der Waals surface area contributed by atoms with E-state index in [0.29, 0.717) is 17.3 Å². The average molecular weight is 308 g/mol. The smallest absolute Gasteiger partial charge is 0.308 e. The van der Waals surface area contributed by atoms with Crippen LogP contribution in [0.5, 0.6) is 0 Å². The standard InChI is InChI=1S/C14H13FN2O3S/c1-8-11(6-13(18)19)14(20)17-12(16-8)7-21-10-4-2-9(15)3-5-10/h2-5H,6-7H2,1H3,(H,18,19)(H,16,17,20). The molecule has 0 spiro atoms. The fraction of sp³-hybridized carbons (Fsp3) is 0.214. The lowest BCUT2D eigenvalue weighted by Gasteiger charge is -2.06. The average Bonchev–Trinajstić information content (AvgIpc) is 2.42. The number of nitrogens with zero attached hydrogens (tertiary/aromatic N) is 1. The Bertz CT molecular complexity index is 713. The number of aromatic nitrogens is 2. The van der Waals surface area contributed by atoms with Crippen LogP contribution in [-0.2, 0) is 17.0 Å². The number of aliphatic carboxylic acids is 1. The fourth-order valence-electron chi connectivity index (χ4n) is 1.78. The number of carboxylic acid groups (broad SMARTS) is 1. The van der Waals surface area contributed by atoms with E-state index in [-0.39, 0.29) is 17.8 Å². The summed E-state index contributed by atoms with van der Waals surface area (Å²) in [5.41, 5.74) is 0.147. The van der Waals surface area contributed by atoms with Crippen molar-refractivity contribution >= 4 is 17.7 Å². The van der Waals surface area contributed by atoms with Gasteiger partial charge in [-0.25, -0.2) is 9.37 Å². The number of hydrogen-bond donors (Lipinski definition) is 2. The fourth-order valence-corrected chi connectivity index (χ4v) is 2.55. The molecule has 0 aliphatic rings. The minimum atomic E-state index is -1.07. The maximum absolute atomic E-state index is 12.8. The van der Waals surface area contributed by atoms with Gasteiger partial charge in [0.1, 0.15) is 11.6 Å². The maximum Gasteiger partial charge on any atom is 0.308 e. The second-order valence-electron chi connectivity index (χ2n) is 4.39. The minimum Gasteiger partial charge on any atom is -0.481 e. The topological polar surface area (TPSA) is 83.0 Å². The number of aryl methyl sites for hydroxylation is 1. The van der Waals surface area contributed by atoms with E-state index in [1.807, 2.05) is 0 Å². The highest BCUT2D eigenvalue weighted by Gasteiger charge is 2.11. The molecule has 0 aliphatic carbocycles. The molecule has 1 heterocycles. The normalized spacial score (nSPS) is 10.6. The molecule has 1 aromatic carbocycles. The Kier molecular flexibility index (Phi) is 4.74. The molecule has 0 aliphatic heterocycles. The Morgan fingerprint density at radius 1 is 1.38 bits per heavy atom. The van der Waals surface area contributed by atoms with Gasteiger partial charge in [-0.15, -0.1) is 11.8 Å². The molecule has 0 saturated heterocycles. The van der Waals surface area contributed by atoms with E-state index in [0.717, 1.165) is 4.90 Å². The molecule has 1 aromatic heterocycles. The number of hydrogen-bond acceptors (Lipinski definition) is 4. The van der Waals surface area contributed by atoms with E-state index in [4.69, 9.17) is 5.11 Å². The van der Waals surface area contributed by atoms with Gasteiger partial charge in [-0.3, -0.25) is 9.59 Å². The van der Waals surface area contributed by atoms with Gasteiger partial charge in [0, 0.05) is 16.2 Å². The zero-order chi connectivity index (χ0) is 15.4. The molecule has 110 valence electrons. The molecule has 0 radical (unpaired) electrons. The molecular weight excluding hydrogens is 295 g/mol. The highest BCUT2D eigenvalue weighted by Crippen LogP contribution is 2.21. The molecular formula is C14H13FN2O3S. The van der Waals surface area contributed by atoms with Crippen LogP contribution in [0.15, 0.2) is 34.0 Å². The molecule has 0 fully saturated rings. The molecule has 21 heavy (non-hydrogen) atoms. The number of aromatic amines is 1. The summed E-state index contributed by atoms with van der Waals surface area (Å²) < 4.78 is 12.8. The van der Waals surface area contributed by atoms with Gasteiger partial charge in [0.2, 0.25) is 0 Å². The lowest BCUT2D eigenvalue weighted by atomic mass is 10.2. The highest BCUT2D eigenvalue weighted by atomic mass is 32.2. The second kappa shape index (κ2) is 6.53. The van der Waals surface area contributed by atoms with E-state index in [1.165, 1.54) is 23.9 Å². The lowest BCUT2D eigenvalue weighted by molar-refractivity contribution is -0.136. The molecule has 7 heteroatoms. The van der Waals surface area contributed by atoms with Gasteiger partial charge in [-0.2, -0.15) is 0 Å². The number of thioether (sulfide) groups is 1. The van der Waals surface area contributed by atoms with Crippen molar-refractivity contribution in [2.75, 3.05) is 0 Å². The van der Waals surface area contributed by atoms with Crippen molar-refractivity contribution in [2.45, 2.75) is 24.0 Å². The molecule has 0 bridgehead atoms. The monoisotopic (exact) mass is 308 g/mol. The first-order valence-electron chi connectivity index (χ1n) is 6.14. The maximum atomic E-state index is 12.8. The summed E-state index contributed by atoms with van der Waals surface area (Å²) in [5.74, 6) is -0.505. The predicted octanol–water partition coefficient (Wildman–Crippen LogP) is 2.14. The van der Waals surface area contributed by atoms with Crippen LogP contribution in [0.4, 0.5) is 4.39 Å². The third-order valence-corrected chi connectivity index (χ3v) is 3.81. The van der Waals surface area contributed by atoms with Gasteiger partial charge >= 0.3 is 5.97 Å². The van der Waals surface area contributed by atoms with Gasteiger partial charge in [0.25, 0.3) is 5.56 Å². The number of carboxylic acids is 1. The number of H-pyrrole nitrogens is 1. The van der Waals surface area contributed by atoms with Crippen LogP contribution >= 0.6 is 11.8 Å². The molecule has 2 aromatic rings. The Hall–Kier alpha value is -2.15. The number of carbonyl (C=O) groups is 1. The van der Waals surface area contributed by atoms with Gasteiger partial charge in [-0.1, -0.05) is 0 Å².